The first kappa shape index (κ1) is 12.3. The third-order valence-electron chi connectivity index (χ3n) is 3.45. The molecule has 2 N–H and O–H groups in total. The highest BCUT2D eigenvalue weighted by Gasteiger charge is 2.28. The number of benzene rings is 1. The standard InChI is InChI=1S/C13H19FN2O/c1-16-7-3-4-11(15)13(16)9-5-6-12(17-2)10(14)8-9/h5-6,8,11,13H,3-4,7,15H2,1-2H3. The summed E-state index contributed by atoms with van der Waals surface area (Å²) in [6.07, 6.45) is 2.09. The van der Waals surface area contributed by atoms with E-state index in [9.17, 15) is 4.39 Å². The zero-order chi connectivity index (χ0) is 12.4. The van der Waals surface area contributed by atoms with Crippen LogP contribution in [0.15, 0.2) is 18.2 Å². The molecule has 1 saturated heterocycles. The van der Waals surface area contributed by atoms with E-state index >= 15 is 0 Å². The van der Waals surface area contributed by atoms with Crippen molar-refractivity contribution in [2.75, 3.05) is 20.7 Å². The van der Waals surface area contributed by atoms with Crippen molar-refractivity contribution in [2.24, 2.45) is 5.73 Å². The topological polar surface area (TPSA) is 38.5 Å². The molecular formula is C13H19FN2O. The van der Waals surface area contributed by atoms with Crippen molar-refractivity contribution in [3.05, 3.63) is 29.6 Å². The smallest absolute Gasteiger partial charge is 0.165 e. The fraction of sp³-hybridized carbons (Fsp3) is 0.538. The summed E-state index contributed by atoms with van der Waals surface area (Å²) < 4.78 is 18.6. The molecule has 0 radical (unpaired) electrons. The van der Waals surface area contributed by atoms with Gasteiger partial charge in [-0.1, -0.05) is 6.07 Å². The van der Waals surface area contributed by atoms with Crippen LogP contribution in [0, 0.1) is 5.82 Å². The predicted octanol–water partition coefficient (Wildman–Crippen LogP) is 1.93. The van der Waals surface area contributed by atoms with Gasteiger partial charge in [-0.2, -0.15) is 0 Å². The quantitative estimate of drug-likeness (QED) is 0.855. The molecule has 1 aromatic carbocycles. The number of likely N-dealkylation sites (N-methyl/N-ethyl adjacent to an activating group) is 1. The first-order valence-corrected chi connectivity index (χ1v) is 5.92. The number of piperidine rings is 1. The lowest BCUT2D eigenvalue weighted by atomic mass is 9.91. The van der Waals surface area contributed by atoms with Gasteiger partial charge < -0.3 is 10.5 Å². The van der Waals surface area contributed by atoms with Crippen molar-refractivity contribution in [3.63, 3.8) is 0 Å². The molecule has 0 amide bonds. The number of hydrogen-bond donors (Lipinski definition) is 1. The fourth-order valence-corrected chi connectivity index (χ4v) is 2.57. The van der Waals surface area contributed by atoms with Gasteiger partial charge in [0.15, 0.2) is 11.6 Å². The second-order valence-corrected chi connectivity index (χ2v) is 4.63. The third kappa shape index (κ3) is 2.42. The molecule has 94 valence electrons. The number of nitrogens with zero attached hydrogens (tertiary/aromatic N) is 1. The van der Waals surface area contributed by atoms with E-state index in [1.807, 2.05) is 13.1 Å². The average molecular weight is 238 g/mol. The Morgan fingerprint density at radius 3 is 2.82 bits per heavy atom. The number of hydrogen-bond acceptors (Lipinski definition) is 3. The van der Waals surface area contributed by atoms with Crippen LogP contribution in [0.4, 0.5) is 4.39 Å². The van der Waals surface area contributed by atoms with Gasteiger partial charge >= 0.3 is 0 Å². The van der Waals surface area contributed by atoms with Crippen molar-refractivity contribution in [1.29, 1.82) is 0 Å². The van der Waals surface area contributed by atoms with Gasteiger partial charge in [-0.3, -0.25) is 4.90 Å². The number of halogens is 1. The zero-order valence-electron chi connectivity index (χ0n) is 10.3. The molecule has 1 aromatic rings. The van der Waals surface area contributed by atoms with Crippen LogP contribution in [0.25, 0.3) is 0 Å². The van der Waals surface area contributed by atoms with E-state index in [0.717, 1.165) is 24.9 Å². The Morgan fingerprint density at radius 2 is 2.24 bits per heavy atom. The van der Waals surface area contributed by atoms with Crippen molar-refractivity contribution in [3.8, 4) is 5.75 Å². The minimum Gasteiger partial charge on any atom is -0.494 e. The third-order valence-corrected chi connectivity index (χ3v) is 3.45. The lowest BCUT2D eigenvalue weighted by Crippen LogP contribution is -2.43. The van der Waals surface area contributed by atoms with E-state index in [4.69, 9.17) is 10.5 Å². The average Bonchev–Trinajstić information content (AvgIpc) is 2.29. The second kappa shape index (κ2) is 5.02. The van der Waals surface area contributed by atoms with Gasteiger partial charge in [0, 0.05) is 12.1 Å². The SMILES string of the molecule is COc1ccc(C2C(N)CCCN2C)cc1F. The minimum atomic E-state index is -0.323. The van der Waals surface area contributed by atoms with Crippen LogP contribution in [0.2, 0.25) is 0 Å². The molecule has 1 fully saturated rings. The number of likely N-dealkylation sites (tertiary alicyclic amines) is 1. The summed E-state index contributed by atoms with van der Waals surface area (Å²) in [5, 5.41) is 0. The summed E-state index contributed by atoms with van der Waals surface area (Å²) >= 11 is 0. The molecule has 2 atom stereocenters. The first-order chi connectivity index (χ1) is 8.13. The Morgan fingerprint density at radius 1 is 1.47 bits per heavy atom. The van der Waals surface area contributed by atoms with Crippen LogP contribution in [-0.4, -0.2) is 31.6 Å². The van der Waals surface area contributed by atoms with Crippen LogP contribution in [0.5, 0.6) is 5.75 Å². The van der Waals surface area contributed by atoms with Crippen LogP contribution in [0.3, 0.4) is 0 Å². The maximum Gasteiger partial charge on any atom is 0.165 e. The molecule has 0 aromatic heterocycles. The van der Waals surface area contributed by atoms with Crippen LogP contribution < -0.4 is 10.5 Å². The van der Waals surface area contributed by atoms with E-state index in [1.165, 1.54) is 13.2 Å². The predicted molar refractivity (Wildman–Crippen MR) is 65.5 cm³/mol. The lowest BCUT2D eigenvalue weighted by Gasteiger charge is -2.37. The molecule has 2 unspecified atom stereocenters. The Balaban J connectivity index is 2.29. The molecule has 2 rings (SSSR count). The van der Waals surface area contributed by atoms with Crippen LogP contribution >= 0.6 is 0 Å². The van der Waals surface area contributed by atoms with Gasteiger partial charge in [0.05, 0.1) is 7.11 Å². The molecule has 0 aliphatic carbocycles. The summed E-state index contributed by atoms with van der Waals surface area (Å²) in [6.45, 7) is 1.01. The van der Waals surface area contributed by atoms with Gasteiger partial charge in [0.1, 0.15) is 0 Å². The molecule has 0 saturated carbocycles. The highest BCUT2D eigenvalue weighted by atomic mass is 19.1. The Hall–Kier alpha value is -1.13. The second-order valence-electron chi connectivity index (χ2n) is 4.63. The number of rotatable bonds is 2. The first-order valence-electron chi connectivity index (χ1n) is 5.92. The normalized spacial score (nSPS) is 25.9. The summed E-state index contributed by atoms with van der Waals surface area (Å²) in [4.78, 5) is 2.19. The Bertz CT molecular complexity index is 387. The summed E-state index contributed by atoms with van der Waals surface area (Å²) in [5.41, 5.74) is 7.06. The monoisotopic (exact) mass is 238 g/mol. The summed E-state index contributed by atoms with van der Waals surface area (Å²) in [7, 11) is 3.50. The van der Waals surface area contributed by atoms with E-state index in [2.05, 4.69) is 4.90 Å². The van der Waals surface area contributed by atoms with E-state index in [-0.39, 0.29) is 23.7 Å². The van der Waals surface area contributed by atoms with Gasteiger partial charge in [0.25, 0.3) is 0 Å². The van der Waals surface area contributed by atoms with Gasteiger partial charge in [-0.25, -0.2) is 4.39 Å². The lowest BCUT2D eigenvalue weighted by molar-refractivity contribution is 0.162. The van der Waals surface area contributed by atoms with Gasteiger partial charge in [0.2, 0.25) is 0 Å². The van der Waals surface area contributed by atoms with Crippen LogP contribution in [-0.2, 0) is 0 Å². The van der Waals surface area contributed by atoms with Gasteiger partial charge in [-0.15, -0.1) is 0 Å². The Kier molecular flexibility index (Phi) is 3.64. The number of methoxy groups -OCH3 is 1. The molecule has 1 aliphatic rings. The van der Waals surface area contributed by atoms with Crippen molar-refractivity contribution in [1.82, 2.24) is 4.90 Å². The number of ether oxygens (including phenoxy) is 1. The minimum absolute atomic E-state index is 0.0709. The van der Waals surface area contributed by atoms with Crippen molar-refractivity contribution in [2.45, 2.75) is 24.9 Å². The highest BCUT2D eigenvalue weighted by Crippen LogP contribution is 2.31. The molecule has 1 aliphatic heterocycles. The molecule has 1 heterocycles. The van der Waals surface area contributed by atoms with E-state index < -0.39 is 0 Å². The van der Waals surface area contributed by atoms with Crippen molar-refractivity contribution >= 4 is 0 Å². The van der Waals surface area contributed by atoms with E-state index in [0.29, 0.717) is 0 Å². The van der Waals surface area contributed by atoms with Crippen LogP contribution in [0.1, 0.15) is 24.4 Å². The Labute approximate surface area is 101 Å². The fourth-order valence-electron chi connectivity index (χ4n) is 2.57. The maximum atomic E-state index is 13.7. The maximum absolute atomic E-state index is 13.7. The zero-order valence-corrected chi connectivity index (χ0v) is 10.3. The van der Waals surface area contributed by atoms with Crippen molar-refractivity contribution < 1.29 is 9.13 Å². The summed E-state index contributed by atoms with van der Waals surface area (Å²) in [5.74, 6) is -0.0445. The summed E-state index contributed by atoms with van der Waals surface area (Å²) in [6, 6.07) is 5.27. The molecule has 0 spiro atoms. The molecule has 3 nitrogen and oxygen atoms in total. The largest absolute Gasteiger partial charge is 0.494 e. The van der Waals surface area contributed by atoms with Gasteiger partial charge in [-0.05, 0) is 44.1 Å². The molecule has 0 bridgehead atoms. The number of nitrogens with two attached hydrogens (primary N) is 1. The molecule has 17 heavy (non-hydrogen) atoms. The molecular weight excluding hydrogens is 219 g/mol. The highest BCUT2D eigenvalue weighted by molar-refractivity contribution is 5.32. The van der Waals surface area contributed by atoms with E-state index in [1.54, 1.807) is 6.07 Å². The molecule has 4 heteroatoms.